The van der Waals surface area contributed by atoms with E-state index in [1.165, 1.54) is 5.06 Å². The quantitative estimate of drug-likeness (QED) is 0.686. The fourth-order valence-corrected chi connectivity index (χ4v) is 2.14. The highest BCUT2D eigenvalue weighted by molar-refractivity contribution is 5.77. The van der Waals surface area contributed by atoms with Gasteiger partial charge in [0.1, 0.15) is 0 Å². The molecule has 1 aromatic heterocycles. The molecule has 0 saturated carbocycles. The second kappa shape index (κ2) is 8.31. The third kappa shape index (κ3) is 4.81. The third-order valence-corrected chi connectivity index (χ3v) is 3.77. The number of alkyl halides is 3. The van der Waals surface area contributed by atoms with Crippen molar-refractivity contribution in [1.29, 1.82) is 0 Å². The monoisotopic (exact) mass is 371 g/mol. The van der Waals surface area contributed by atoms with Gasteiger partial charge in [0, 0.05) is 11.5 Å². The number of carbonyl (C=O) groups excluding carboxylic acids is 1. The first-order valence-electron chi connectivity index (χ1n) is 8.20. The minimum Gasteiger partial charge on any atom is -0.329 e. The zero-order chi connectivity index (χ0) is 19.3. The molecule has 0 saturated heterocycles. The Balaban J connectivity index is 2.13. The number of nitrogens with zero attached hydrogens (tertiary/aromatic N) is 3. The van der Waals surface area contributed by atoms with E-state index in [0.29, 0.717) is 18.6 Å². The van der Waals surface area contributed by atoms with Crippen molar-refractivity contribution >= 4 is 5.91 Å². The lowest BCUT2D eigenvalue weighted by atomic mass is 10.1. The van der Waals surface area contributed by atoms with E-state index in [0.717, 1.165) is 5.56 Å². The topological polar surface area (TPSA) is 68.5 Å². The van der Waals surface area contributed by atoms with E-state index in [4.69, 9.17) is 4.84 Å². The standard InChI is InChI=1S/C17H20F3N3O3/c1-4-11(3)15(24)23(25-5-2)10-12-6-8-13(9-7-12)14-21-16(26-22-14)17(18,19)20/h6-9,11H,4-5,10H2,1-3H3. The van der Waals surface area contributed by atoms with Crippen molar-refractivity contribution in [2.45, 2.75) is 39.9 Å². The van der Waals surface area contributed by atoms with Crippen LogP contribution in [0.1, 0.15) is 38.6 Å². The number of amides is 1. The number of hydroxylamine groups is 2. The van der Waals surface area contributed by atoms with E-state index in [9.17, 15) is 18.0 Å². The van der Waals surface area contributed by atoms with Gasteiger partial charge in [0.2, 0.25) is 11.7 Å². The van der Waals surface area contributed by atoms with Gasteiger partial charge in [0.05, 0.1) is 13.2 Å². The molecule has 1 heterocycles. The van der Waals surface area contributed by atoms with Gasteiger partial charge in [-0.15, -0.1) is 0 Å². The van der Waals surface area contributed by atoms with E-state index in [1.54, 1.807) is 31.2 Å². The van der Waals surface area contributed by atoms with E-state index < -0.39 is 12.1 Å². The first-order chi connectivity index (χ1) is 12.3. The SMILES string of the molecule is CCON(Cc1ccc(-c2noc(C(F)(F)F)n2)cc1)C(=O)C(C)CC. The molecule has 1 amide bonds. The summed E-state index contributed by atoms with van der Waals surface area (Å²) in [7, 11) is 0. The van der Waals surface area contributed by atoms with Gasteiger partial charge >= 0.3 is 12.1 Å². The van der Waals surface area contributed by atoms with E-state index in [1.807, 2.05) is 13.8 Å². The van der Waals surface area contributed by atoms with E-state index in [2.05, 4.69) is 14.7 Å². The summed E-state index contributed by atoms with van der Waals surface area (Å²) in [6.07, 6.45) is -3.99. The Morgan fingerprint density at radius 1 is 1.27 bits per heavy atom. The Hall–Kier alpha value is -2.42. The molecule has 2 aromatic rings. The molecule has 0 bridgehead atoms. The zero-order valence-electron chi connectivity index (χ0n) is 14.7. The normalized spacial score (nSPS) is 12.8. The number of benzene rings is 1. The summed E-state index contributed by atoms with van der Waals surface area (Å²) < 4.78 is 41.8. The van der Waals surface area contributed by atoms with Crippen molar-refractivity contribution in [1.82, 2.24) is 15.2 Å². The van der Waals surface area contributed by atoms with Crippen molar-refractivity contribution in [3.8, 4) is 11.4 Å². The first kappa shape index (κ1) is 19.9. The lowest BCUT2D eigenvalue weighted by Gasteiger charge is -2.24. The van der Waals surface area contributed by atoms with Crippen LogP contribution in [0.3, 0.4) is 0 Å². The molecule has 0 radical (unpaired) electrons. The highest BCUT2D eigenvalue weighted by Crippen LogP contribution is 2.29. The number of carbonyl (C=O) groups is 1. The molecule has 0 aliphatic carbocycles. The van der Waals surface area contributed by atoms with Crippen molar-refractivity contribution in [3.63, 3.8) is 0 Å². The summed E-state index contributed by atoms with van der Waals surface area (Å²) in [4.78, 5) is 21.1. The maximum absolute atomic E-state index is 12.5. The summed E-state index contributed by atoms with van der Waals surface area (Å²) in [5.41, 5.74) is 1.14. The summed E-state index contributed by atoms with van der Waals surface area (Å²) in [5, 5.41) is 4.64. The fraction of sp³-hybridized carbons (Fsp3) is 0.471. The van der Waals surface area contributed by atoms with E-state index in [-0.39, 0.29) is 24.2 Å². The lowest BCUT2D eigenvalue weighted by Crippen LogP contribution is -2.34. The minimum absolute atomic E-state index is 0.119. The second-order valence-electron chi connectivity index (χ2n) is 5.72. The highest BCUT2D eigenvalue weighted by Gasteiger charge is 2.38. The van der Waals surface area contributed by atoms with Crippen molar-refractivity contribution in [3.05, 3.63) is 35.7 Å². The fourth-order valence-electron chi connectivity index (χ4n) is 2.14. The predicted molar refractivity (Wildman–Crippen MR) is 86.4 cm³/mol. The van der Waals surface area contributed by atoms with Crippen LogP contribution in [0.25, 0.3) is 11.4 Å². The van der Waals surface area contributed by atoms with Gasteiger partial charge < -0.3 is 4.52 Å². The molecule has 0 aliphatic heterocycles. The summed E-state index contributed by atoms with van der Waals surface area (Å²) in [5.74, 6) is -1.83. The van der Waals surface area contributed by atoms with Crippen LogP contribution in [0.4, 0.5) is 13.2 Å². The average molecular weight is 371 g/mol. The molecule has 0 fully saturated rings. The summed E-state index contributed by atoms with van der Waals surface area (Å²) in [6.45, 7) is 6.11. The van der Waals surface area contributed by atoms with Gasteiger partial charge in [-0.3, -0.25) is 9.63 Å². The molecule has 1 aromatic carbocycles. The van der Waals surface area contributed by atoms with Crippen LogP contribution in [0.15, 0.2) is 28.8 Å². The molecule has 0 aliphatic rings. The van der Waals surface area contributed by atoms with Crippen LogP contribution < -0.4 is 0 Å². The van der Waals surface area contributed by atoms with Gasteiger partial charge in [-0.1, -0.05) is 43.3 Å². The molecule has 9 heteroatoms. The number of aromatic nitrogens is 2. The number of hydrogen-bond donors (Lipinski definition) is 0. The number of halogens is 3. The minimum atomic E-state index is -4.68. The molecule has 6 nitrogen and oxygen atoms in total. The number of hydrogen-bond acceptors (Lipinski definition) is 5. The average Bonchev–Trinajstić information content (AvgIpc) is 3.11. The van der Waals surface area contributed by atoms with Crippen LogP contribution in [0, 0.1) is 5.92 Å². The predicted octanol–water partition coefficient (Wildman–Crippen LogP) is 4.08. The molecule has 2 rings (SSSR count). The zero-order valence-corrected chi connectivity index (χ0v) is 14.7. The van der Waals surface area contributed by atoms with Gasteiger partial charge in [0.25, 0.3) is 0 Å². The van der Waals surface area contributed by atoms with Crippen molar-refractivity contribution in [2.75, 3.05) is 6.61 Å². The molecule has 0 spiro atoms. The van der Waals surface area contributed by atoms with Crippen LogP contribution in [-0.4, -0.2) is 27.7 Å². The molecular formula is C17H20F3N3O3. The smallest absolute Gasteiger partial charge is 0.329 e. The van der Waals surface area contributed by atoms with Crippen molar-refractivity contribution in [2.24, 2.45) is 5.92 Å². The van der Waals surface area contributed by atoms with Gasteiger partial charge in [-0.25, -0.2) is 5.06 Å². The Labute approximate surface area is 148 Å². The summed E-state index contributed by atoms with van der Waals surface area (Å²) >= 11 is 0. The molecular weight excluding hydrogens is 351 g/mol. The molecule has 142 valence electrons. The van der Waals surface area contributed by atoms with Crippen LogP contribution >= 0.6 is 0 Å². The van der Waals surface area contributed by atoms with Crippen LogP contribution in [0.5, 0.6) is 0 Å². The Bertz CT molecular complexity index is 729. The Morgan fingerprint density at radius 3 is 2.42 bits per heavy atom. The molecule has 26 heavy (non-hydrogen) atoms. The molecule has 1 unspecified atom stereocenters. The maximum atomic E-state index is 12.5. The summed E-state index contributed by atoms with van der Waals surface area (Å²) in [6, 6.07) is 6.49. The van der Waals surface area contributed by atoms with Crippen LogP contribution in [-0.2, 0) is 22.4 Å². The largest absolute Gasteiger partial charge is 0.471 e. The van der Waals surface area contributed by atoms with Gasteiger partial charge in [-0.05, 0) is 18.9 Å². The molecule has 0 N–H and O–H groups in total. The number of rotatable bonds is 7. The van der Waals surface area contributed by atoms with Gasteiger partial charge in [-0.2, -0.15) is 18.2 Å². The third-order valence-electron chi connectivity index (χ3n) is 3.77. The van der Waals surface area contributed by atoms with E-state index >= 15 is 0 Å². The van der Waals surface area contributed by atoms with Crippen molar-refractivity contribution < 1.29 is 27.3 Å². The van der Waals surface area contributed by atoms with Gasteiger partial charge in [0.15, 0.2) is 0 Å². The van der Waals surface area contributed by atoms with Crippen LogP contribution in [0.2, 0.25) is 0 Å². The maximum Gasteiger partial charge on any atom is 0.471 e. The Kier molecular flexibility index (Phi) is 6.36. The molecule has 1 atom stereocenters. The highest BCUT2D eigenvalue weighted by atomic mass is 19.4. The first-order valence-corrected chi connectivity index (χ1v) is 8.20. The lowest BCUT2D eigenvalue weighted by molar-refractivity contribution is -0.192. The Morgan fingerprint density at radius 2 is 1.92 bits per heavy atom. The second-order valence-corrected chi connectivity index (χ2v) is 5.72.